The summed E-state index contributed by atoms with van der Waals surface area (Å²) in [5.74, 6) is 3.45. The van der Waals surface area contributed by atoms with E-state index in [1.807, 2.05) is 30.3 Å². The summed E-state index contributed by atoms with van der Waals surface area (Å²) in [4.78, 5) is 6.97. The highest BCUT2D eigenvalue weighted by molar-refractivity contribution is 7.89. The van der Waals surface area contributed by atoms with Crippen molar-refractivity contribution in [2.45, 2.75) is 88.9 Å². The second-order valence-electron chi connectivity index (χ2n) is 13.6. The number of benzene rings is 2. The van der Waals surface area contributed by atoms with Gasteiger partial charge in [-0.2, -0.15) is 0 Å². The zero-order chi connectivity index (χ0) is 29.3. The fourth-order valence-corrected chi connectivity index (χ4v) is 9.13. The van der Waals surface area contributed by atoms with Crippen molar-refractivity contribution in [2.75, 3.05) is 13.1 Å². The first-order valence-corrected chi connectivity index (χ1v) is 17.8. The lowest BCUT2D eigenvalue weighted by Crippen LogP contribution is -2.55. The Kier molecular flexibility index (Phi) is 8.48. The van der Waals surface area contributed by atoms with Crippen LogP contribution in [0.25, 0.3) is 11.1 Å². The maximum atomic E-state index is 12.7. The molecule has 6 rings (SSSR count). The molecule has 1 spiro atoms. The number of nitrogens with zero attached hydrogens (tertiary/aromatic N) is 2. The summed E-state index contributed by atoms with van der Waals surface area (Å²) in [6.07, 6.45) is 10.1. The summed E-state index contributed by atoms with van der Waals surface area (Å²) in [6.45, 7) is 9.57. The highest BCUT2D eigenvalue weighted by Gasteiger charge is 2.43. The highest BCUT2D eigenvalue weighted by Crippen LogP contribution is 2.43. The van der Waals surface area contributed by atoms with E-state index < -0.39 is 9.84 Å². The van der Waals surface area contributed by atoms with Gasteiger partial charge in [-0.3, -0.25) is 9.88 Å². The van der Waals surface area contributed by atoms with Crippen molar-refractivity contribution in [3.05, 3.63) is 83.7 Å². The zero-order valence-electron chi connectivity index (χ0n) is 25.5. The summed E-state index contributed by atoms with van der Waals surface area (Å²) >= 11 is 0. The molecule has 42 heavy (non-hydrogen) atoms. The first-order valence-electron chi connectivity index (χ1n) is 15.9. The van der Waals surface area contributed by atoms with E-state index in [9.17, 15) is 8.42 Å². The number of pyridine rings is 1. The van der Waals surface area contributed by atoms with Crippen LogP contribution in [0.1, 0.15) is 76.1 Å². The fourth-order valence-electron chi connectivity index (χ4n) is 7.70. The summed E-state index contributed by atoms with van der Waals surface area (Å²) < 4.78 is 32.2. The minimum atomic E-state index is -3.29. The minimum Gasteiger partial charge on any atom is -0.487 e. The average Bonchev–Trinajstić information content (AvgIpc) is 2.98. The van der Waals surface area contributed by atoms with Gasteiger partial charge in [0.05, 0.1) is 17.2 Å². The van der Waals surface area contributed by atoms with Crippen LogP contribution in [0.2, 0.25) is 0 Å². The Labute approximate surface area is 252 Å². The molecule has 3 heterocycles. The Morgan fingerprint density at radius 3 is 2.43 bits per heavy atom. The van der Waals surface area contributed by atoms with E-state index in [4.69, 9.17) is 4.74 Å². The molecule has 0 amide bonds. The van der Waals surface area contributed by atoms with Gasteiger partial charge in [0.15, 0.2) is 9.84 Å². The molecule has 0 unspecified atom stereocenters. The standard InChI is InChI=1S/C36H46N2O3S/c1-26(2)33-22-27(3)7-13-34(33)38-20-17-36(18-21-38)16-15-31-23-30(12-14-35(31)41-36)29-10-8-28(9-11-29)24-42(39,40)25-32-6-4-5-19-37-32/h4-6,8-12,14,19,23,26-27,33-34H,7,13,15-18,20-22,24-25H2,1-3H3/t27-,33-,34+/m0/s1. The van der Waals surface area contributed by atoms with Gasteiger partial charge >= 0.3 is 0 Å². The molecule has 0 N–H and O–H groups in total. The predicted molar refractivity (Wildman–Crippen MR) is 170 cm³/mol. The molecule has 0 bridgehead atoms. The lowest BCUT2D eigenvalue weighted by molar-refractivity contribution is -0.0435. The fraction of sp³-hybridized carbons (Fsp3) is 0.528. The molecule has 5 nitrogen and oxygen atoms in total. The number of hydrogen-bond acceptors (Lipinski definition) is 5. The predicted octanol–water partition coefficient (Wildman–Crippen LogP) is 7.48. The molecular weight excluding hydrogens is 540 g/mol. The van der Waals surface area contributed by atoms with Gasteiger partial charge in [-0.15, -0.1) is 0 Å². The molecule has 1 aromatic heterocycles. The molecule has 1 saturated carbocycles. The number of aromatic nitrogens is 1. The quantitative estimate of drug-likeness (QED) is 0.287. The number of aryl methyl sites for hydroxylation is 1. The largest absolute Gasteiger partial charge is 0.487 e. The molecule has 0 radical (unpaired) electrons. The van der Waals surface area contributed by atoms with Crippen molar-refractivity contribution in [2.24, 2.45) is 17.8 Å². The molecule has 2 aromatic carbocycles. The Hall–Kier alpha value is -2.70. The van der Waals surface area contributed by atoms with E-state index in [1.54, 1.807) is 18.3 Å². The highest BCUT2D eigenvalue weighted by atomic mass is 32.2. The molecule has 1 aliphatic carbocycles. The van der Waals surface area contributed by atoms with Gasteiger partial charge in [0.1, 0.15) is 11.4 Å². The SMILES string of the molecule is CC(C)[C@@H]1C[C@@H](C)CC[C@H]1N1CCC2(CCc3cc(-c4ccc(CS(=O)(=O)Cc5ccccn5)cc4)ccc3O2)CC1. The molecule has 3 aromatic rings. The van der Waals surface area contributed by atoms with Crippen molar-refractivity contribution in [3.63, 3.8) is 0 Å². The molecule has 1 saturated heterocycles. The van der Waals surface area contributed by atoms with Crippen LogP contribution >= 0.6 is 0 Å². The van der Waals surface area contributed by atoms with Gasteiger partial charge < -0.3 is 4.74 Å². The van der Waals surface area contributed by atoms with Crippen LogP contribution in [-0.4, -0.2) is 43.0 Å². The number of hydrogen-bond donors (Lipinski definition) is 0. The molecule has 2 aliphatic heterocycles. The Morgan fingerprint density at radius 1 is 0.952 bits per heavy atom. The smallest absolute Gasteiger partial charge is 0.160 e. The van der Waals surface area contributed by atoms with Crippen molar-refractivity contribution in [1.82, 2.24) is 9.88 Å². The zero-order valence-corrected chi connectivity index (χ0v) is 26.3. The third kappa shape index (κ3) is 6.60. The molecule has 2 fully saturated rings. The van der Waals surface area contributed by atoms with Gasteiger partial charge in [-0.25, -0.2) is 8.42 Å². The van der Waals surface area contributed by atoms with E-state index in [0.717, 1.165) is 85.0 Å². The summed E-state index contributed by atoms with van der Waals surface area (Å²) in [7, 11) is -3.29. The van der Waals surface area contributed by atoms with E-state index in [1.165, 1.54) is 24.8 Å². The molecule has 3 atom stereocenters. The third-order valence-electron chi connectivity index (χ3n) is 10.2. The number of fused-ring (bicyclic) bond motifs is 1. The second-order valence-corrected chi connectivity index (χ2v) is 15.7. The number of sulfone groups is 1. The lowest BCUT2D eigenvalue weighted by atomic mass is 9.72. The molecule has 6 heteroatoms. The van der Waals surface area contributed by atoms with Crippen LogP contribution in [0.5, 0.6) is 5.75 Å². The van der Waals surface area contributed by atoms with Gasteiger partial charge in [0, 0.05) is 25.3 Å². The summed E-state index contributed by atoms with van der Waals surface area (Å²) in [5, 5.41) is 0. The maximum Gasteiger partial charge on any atom is 0.160 e. The van der Waals surface area contributed by atoms with Crippen LogP contribution in [0.3, 0.4) is 0 Å². The number of ether oxygens (including phenoxy) is 1. The first-order chi connectivity index (χ1) is 20.2. The van der Waals surface area contributed by atoms with Crippen molar-refractivity contribution in [3.8, 4) is 16.9 Å². The first kappa shape index (κ1) is 29.4. The van der Waals surface area contributed by atoms with Crippen LogP contribution < -0.4 is 4.74 Å². The van der Waals surface area contributed by atoms with Crippen molar-refractivity contribution >= 4 is 9.84 Å². The monoisotopic (exact) mass is 586 g/mol. The molecule has 3 aliphatic rings. The van der Waals surface area contributed by atoms with Crippen LogP contribution in [0.4, 0.5) is 0 Å². The Balaban J connectivity index is 1.07. The topological polar surface area (TPSA) is 59.5 Å². The van der Waals surface area contributed by atoms with Crippen LogP contribution in [0.15, 0.2) is 66.9 Å². The number of likely N-dealkylation sites (tertiary alicyclic amines) is 1. The molecular formula is C36H46N2O3S. The van der Waals surface area contributed by atoms with E-state index in [2.05, 4.69) is 48.9 Å². The second kappa shape index (κ2) is 12.1. The van der Waals surface area contributed by atoms with Crippen LogP contribution in [0, 0.1) is 17.8 Å². The van der Waals surface area contributed by atoms with Gasteiger partial charge in [-0.05, 0) is 109 Å². The Morgan fingerprint density at radius 2 is 1.71 bits per heavy atom. The maximum absolute atomic E-state index is 12.7. The van der Waals surface area contributed by atoms with Gasteiger partial charge in [-0.1, -0.05) is 57.2 Å². The minimum absolute atomic E-state index is 0.0133. The average molecular weight is 587 g/mol. The van der Waals surface area contributed by atoms with Gasteiger partial charge in [0.25, 0.3) is 0 Å². The van der Waals surface area contributed by atoms with Gasteiger partial charge in [0.2, 0.25) is 0 Å². The third-order valence-corrected chi connectivity index (χ3v) is 11.7. The summed E-state index contributed by atoms with van der Waals surface area (Å²) in [6, 6.07) is 20.6. The Bertz CT molecular complexity index is 1460. The summed E-state index contributed by atoms with van der Waals surface area (Å²) in [5.41, 5.74) is 4.88. The van der Waals surface area contributed by atoms with Crippen LogP contribution in [-0.2, 0) is 27.8 Å². The van der Waals surface area contributed by atoms with E-state index >= 15 is 0 Å². The lowest BCUT2D eigenvalue weighted by Gasteiger charge is -2.50. The van der Waals surface area contributed by atoms with E-state index in [-0.39, 0.29) is 17.1 Å². The normalized spacial score (nSPS) is 24.3. The van der Waals surface area contributed by atoms with E-state index in [0.29, 0.717) is 5.69 Å². The van der Waals surface area contributed by atoms with Crippen molar-refractivity contribution in [1.29, 1.82) is 0 Å². The van der Waals surface area contributed by atoms with Crippen molar-refractivity contribution < 1.29 is 13.2 Å². The number of piperidine rings is 1. The number of rotatable bonds is 7. The molecule has 224 valence electrons.